The van der Waals surface area contributed by atoms with Crippen molar-refractivity contribution in [1.82, 2.24) is 9.03 Å². The predicted octanol–water partition coefficient (Wildman–Crippen LogP) is 5.14. The van der Waals surface area contributed by atoms with Gasteiger partial charge in [0, 0.05) is 38.8 Å². The van der Waals surface area contributed by atoms with Crippen molar-refractivity contribution in [2.75, 3.05) is 12.4 Å². The van der Waals surface area contributed by atoms with Gasteiger partial charge in [0.2, 0.25) is 0 Å². The van der Waals surface area contributed by atoms with Gasteiger partial charge in [-0.25, -0.2) is 0 Å². The zero-order valence-electron chi connectivity index (χ0n) is 20.4. The Morgan fingerprint density at radius 2 is 1.70 bits per heavy atom. The molecule has 8 nitrogen and oxygen atoms in total. The topological polar surface area (TPSA) is 105 Å². The van der Waals surface area contributed by atoms with E-state index in [2.05, 4.69) is 10.0 Å². The molecule has 2 aromatic carbocycles. The monoisotopic (exact) mass is 583 g/mol. The molecule has 12 heteroatoms. The number of nitrogens with zero attached hydrogens (tertiary/aromatic N) is 1. The van der Waals surface area contributed by atoms with Crippen LogP contribution in [0.15, 0.2) is 60.0 Å². The number of amides is 1. The van der Waals surface area contributed by atoms with E-state index in [1.54, 1.807) is 38.1 Å². The molecule has 0 aliphatic rings. The van der Waals surface area contributed by atoms with Crippen LogP contribution >= 0.6 is 34.5 Å². The second kappa shape index (κ2) is 12.9. The quantitative estimate of drug-likeness (QED) is 0.304. The number of methoxy groups -OCH3 is 1. The highest BCUT2D eigenvalue weighted by atomic mass is 35.5. The van der Waals surface area contributed by atoms with Crippen LogP contribution in [-0.2, 0) is 32.7 Å². The molecule has 0 bridgehead atoms. The Labute approximate surface area is 230 Å². The predicted molar refractivity (Wildman–Crippen MR) is 147 cm³/mol. The largest absolute Gasteiger partial charge is 0.468 e. The highest BCUT2D eigenvalue weighted by molar-refractivity contribution is 7.87. The highest BCUT2D eigenvalue weighted by Crippen LogP contribution is 2.21. The number of thiophene rings is 1. The SMILES string of the molecule is COC(=O)[C@H](Cc1ccc(NC(=O)c2cc(Cl)cc(Cl)c2)cc1)NS(=O)(=O)N(Cc1cccs1)C(C)C. The number of carbonyl (C=O) groups is 2. The van der Waals surface area contributed by atoms with Crippen molar-refractivity contribution in [1.29, 1.82) is 0 Å². The van der Waals surface area contributed by atoms with E-state index in [-0.39, 0.29) is 19.0 Å². The third-order valence-electron chi connectivity index (χ3n) is 5.33. The fourth-order valence-electron chi connectivity index (χ4n) is 3.51. The van der Waals surface area contributed by atoms with E-state index in [0.29, 0.717) is 26.9 Å². The van der Waals surface area contributed by atoms with Crippen LogP contribution in [-0.4, -0.2) is 43.8 Å². The minimum atomic E-state index is -4.02. The summed E-state index contributed by atoms with van der Waals surface area (Å²) in [5.74, 6) is -1.10. The number of rotatable bonds is 11. The Morgan fingerprint density at radius 3 is 2.24 bits per heavy atom. The van der Waals surface area contributed by atoms with E-state index in [1.165, 1.54) is 41.0 Å². The first kappa shape index (κ1) is 29.1. The van der Waals surface area contributed by atoms with Crippen molar-refractivity contribution in [2.24, 2.45) is 0 Å². The highest BCUT2D eigenvalue weighted by Gasteiger charge is 2.32. The Bertz CT molecular complexity index is 1310. The van der Waals surface area contributed by atoms with Crippen LogP contribution < -0.4 is 10.0 Å². The Balaban J connectivity index is 1.72. The Kier molecular flexibility index (Phi) is 10.1. The number of benzene rings is 2. The van der Waals surface area contributed by atoms with Crippen LogP contribution in [0.25, 0.3) is 0 Å². The van der Waals surface area contributed by atoms with Gasteiger partial charge >= 0.3 is 5.97 Å². The average molecular weight is 585 g/mol. The molecule has 0 saturated heterocycles. The second-order valence-electron chi connectivity index (χ2n) is 8.43. The zero-order valence-corrected chi connectivity index (χ0v) is 23.5. The maximum atomic E-state index is 13.2. The van der Waals surface area contributed by atoms with Crippen LogP contribution in [0.1, 0.15) is 34.6 Å². The number of esters is 1. The van der Waals surface area contributed by atoms with Gasteiger partial charge in [0.25, 0.3) is 16.1 Å². The van der Waals surface area contributed by atoms with Crippen molar-refractivity contribution < 1.29 is 22.7 Å². The molecule has 3 aromatic rings. The lowest BCUT2D eigenvalue weighted by Gasteiger charge is -2.27. The molecule has 1 amide bonds. The summed E-state index contributed by atoms with van der Waals surface area (Å²) in [5.41, 5.74) is 1.47. The van der Waals surface area contributed by atoms with E-state index >= 15 is 0 Å². The molecule has 0 spiro atoms. The maximum absolute atomic E-state index is 13.2. The van der Waals surface area contributed by atoms with Gasteiger partial charge in [-0.1, -0.05) is 41.4 Å². The van der Waals surface area contributed by atoms with E-state index in [4.69, 9.17) is 27.9 Å². The van der Waals surface area contributed by atoms with Crippen LogP contribution in [0.4, 0.5) is 5.69 Å². The van der Waals surface area contributed by atoms with E-state index in [0.717, 1.165) is 4.88 Å². The Hall–Kier alpha value is -2.47. The number of ether oxygens (including phenoxy) is 1. The first-order valence-corrected chi connectivity index (χ1v) is 14.3. The first-order chi connectivity index (χ1) is 17.5. The smallest absolute Gasteiger partial charge is 0.324 e. The molecule has 37 heavy (non-hydrogen) atoms. The normalized spacial score (nSPS) is 12.5. The molecule has 0 unspecified atom stereocenters. The number of halogens is 2. The van der Waals surface area contributed by atoms with Gasteiger partial charge in [0.15, 0.2) is 0 Å². The summed E-state index contributed by atoms with van der Waals surface area (Å²) >= 11 is 13.4. The lowest BCUT2D eigenvalue weighted by Crippen LogP contribution is -2.51. The standard InChI is InChI=1S/C25H27Cl2N3O5S2/c1-16(2)30(15-22-5-4-10-36-22)37(33,34)29-23(25(32)35-3)11-17-6-8-21(9-7-17)28-24(31)18-12-19(26)14-20(27)13-18/h4-10,12-14,16,23,29H,11,15H2,1-3H3,(H,28,31)/t23-/m0/s1. The average Bonchev–Trinajstić information content (AvgIpc) is 3.35. The van der Waals surface area contributed by atoms with Crippen molar-refractivity contribution in [3.63, 3.8) is 0 Å². The molecule has 1 heterocycles. The third kappa shape index (κ3) is 8.26. The number of anilines is 1. The summed E-state index contributed by atoms with van der Waals surface area (Å²) in [4.78, 5) is 25.9. The summed E-state index contributed by atoms with van der Waals surface area (Å²) in [6.07, 6.45) is 0.0506. The number of nitrogens with one attached hydrogen (secondary N) is 2. The molecule has 0 radical (unpaired) electrons. The van der Waals surface area contributed by atoms with Crippen molar-refractivity contribution in [3.8, 4) is 0 Å². The summed E-state index contributed by atoms with van der Waals surface area (Å²) in [7, 11) is -2.82. The van der Waals surface area contributed by atoms with E-state index in [9.17, 15) is 18.0 Å². The van der Waals surface area contributed by atoms with Gasteiger partial charge in [-0.05, 0) is 67.6 Å². The van der Waals surface area contributed by atoms with Gasteiger partial charge in [0.1, 0.15) is 6.04 Å². The molecule has 2 N–H and O–H groups in total. The summed E-state index contributed by atoms with van der Waals surface area (Å²) in [5, 5.41) is 5.31. The van der Waals surface area contributed by atoms with Gasteiger partial charge in [0.05, 0.1) is 7.11 Å². The second-order valence-corrected chi connectivity index (χ2v) is 12.0. The molecule has 0 aliphatic heterocycles. The molecule has 0 saturated carbocycles. The molecule has 1 aromatic heterocycles. The minimum absolute atomic E-state index is 0.0506. The van der Waals surface area contributed by atoms with Crippen molar-refractivity contribution in [3.05, 3.63) is 86.0 Å². The van der Waals surface area contributed by atoms with Gasteiger partial charge < -0.3 is 10.1 Å². The van der Waals surface area contributed by atoms with Crippen LogP contribution in [0.5, 0.6) is 0 Å². The number of hydrogen-bond donors (Lipinski definition) is 2. The Morgan fingerprint density at radius 1 is 1.05 bits per heavy atom. The van der Waals surface area contributed by atoms with Gasteiger partial charge in [-0.3, -0.25) is 9.59 Å². The van der Waals surface area contributed by atoms with Crippen LogP contribution in [0, 0.1) is 0 Å². The maximum Gasteiger partial charge on any atom is 0.324 e. The summed E-state index contributed by atoms with van der Waals surface area (Å²) in [6.45, 7) is 3.72. The molecular weight excluding hydrogens is 557 g/mol. The summed E-state index contributed by atoms with van der Waals surface area (Å²) in [6, 6.07) is 13.5. The number of hydrogen-bond acceptors (Lipinski definition) is 6. The zero-order chi connectivity index (χ0) is 27.2. The van der Waals surface area contributed by atoms with Crippen molar-refractivity contribution >= 4 is 62.3 Å². The lowest BCUT2D eigenvalue weighted by molar-refractivity contribution is -0.142. The third-order valence-corrected chi connectivity index (χ3v) is 8.38. The van der Waals surface area contributed by atoms with Gasteiger partial charge in [-0.15, -0.1) is 11.3 Å². The molecule has 198 valence electrons. The molecule has 1 atom stereocenters. The van der Waals surface area contributed by atoms with Crippen molar-refractivity contribution in [2.45, 2.75) is 38.9 Å². The molecule has 0 aliphatic carbocycles. The van der Waals surface area contributed by atoms with Crippen LogP contribution in [0.3, 0.4) is 0 Å². The minimum Gasteiger partial charge on any atom is -0.468 e. The lowest BCUT2D eigenvalue weighted by atomic mass is 10.1. The first-order valence-electron chi connectivity index (χ1n) is 11.2. The molecule has 0 fully saturated rings. The van der Waals surface area contributed by atoms with E-state index in [1.807, 2.05) is 17.5 Å². The fraction of sp³-hybridized carbons (Fsp3) is 0.280. The summed E-state index contributed by atoms with van der Waals surface area (Å²) < 4.78 is 35.1. The van der Waals surface area contributed by atoms with Gasteiger partial charge in [-0.2, -0.15) is 17.4 Å². The molecule has 3 rings (SSSR count). The fourth-order valence-corrected chi connectivity index (χ4v) is 6.36. The van der Waals surface area contributed by atoms with E-state index < -0.39 is 28.1 Å². The number of carbonyl (C=O) groups excluding carboxylic acids is 2. The molecular formula is C25H27Cl2N3O5S2. The van der Waals surface area contributed by atoms with Crippen LogP contribution in [0.2, 0.25) is 10.0 Å².